The van der Waals surface area contributed by atoms with Gasteiger partial charge in [-0.1, -0.05) is 0 Å². The third kappa shape index (κ3) is 2.58. The first kappa shape index (κ1) is 14.5. The molecule has 0 saturated carbocycles. The van der Waals surface area contributed by atoms with Gasteiger partial charge in [0.1, 0.15) is 16.0 Å². The van der Waals surface area contributed by atoms with Crippen molar-refractivity contribution in [1.82, 2.24) is 15.1 Å². The Labute approximate surface area is 131 Å². The van der Waals surface area contributed by atoms with Gasteiger partial charge < -0.3 is 10.1 Å². The van der Waals surface area contributed by atoms with Gasteiger partial charge in [-0.3, -0.25) is 4.68 Å². The first-order chi connectivity index (χ1) is 9.97. The maximum atomic E-state index is 13.7. The van der Waals surface area contributed by atoms with Gasteiger partial charge in [-0.2, -0.15) is 0 Å². The van der Waals surface area contributed by atoms with E-state index in [2.05, 4.69) is 33.3 Å². The van der Waals surface area contributed by atoms with Crippen LogP contribution in [0.5, 0.6) is 11.6 Å². The molecule has 0 saturated heterocycles. The van der Waals surface area contributed by atoms with E-state index in [0.717, 1.165) is 23.3 Å². The largest absolute Gasteiger partial charge is 0.437 e. The van der Waals surface area contributed by atoms with Crippen molar-refractivity contribution >= 4 is 15.9 Å². The Morgan fingerprint density at radius 2 is 2.05 bits per heavy atom. The van der Waals surface area contributed by atoms with Crippen molar-refractivity contribution in [1.29, 1.82) is 0 Å². The smallest absolute Gasteiger partial charge is 0.253 e. The Balaban J connectivity index is 1.96. The SMILES string of the molecule is Cc1cc(Oc2nn3c(c2Br)C(C)NCC3)cc(C)c1F. The Morgan fingerprint density at radius 1 is 1.38 bits per heavy atom. The molecule has 21 heavy (non-hydrogen) atoms. The lowest BCUT2D eigenvalue weighted by Gasteiger charge is -2.21. The van der Waals surface area contributed by atoms with Crippen LogP contribution in [-0.4, -0.2) is 16.3 Å². The van der Waals surface area contributed by atoms with E-state index in [1.807, 2.05) is 4.68 Å². The first-order valence-corrected chi connectivity index (χ1v) is 7.71. The molecule has 3 rings (SSSR count). The van der Waals surface area contributed by atoms with Crippen LogP contribution in [0.2, 0.25) is 0 Å². The van der Waals surface area contributed by atoms with Crippen molar-refractivity contribution in [2.75, 3.05) is 6.54 Å². The van der Waals surface area contributed by atoms with Gasteiger partial charge >= 0.3 is 0 Å². The van der Waals surface area contributed by atoms with Crippen molar-refractivity contribution in [3.8, 4) is 11.6 Å². The van der Waals surface area contributed by atoms with Crippen molar-refractivity contribution in [3.05, 3.63) is 39.2 Å². The minimum Gasteiger partial charge on any atom is -0.437 e. The van der Waals surface area contributed by atoms with Gasteiger partial charge in [0, 0.05) is 12.6 Å². The molecule has 1 unspecified atom stereocenters. The molecular weight excluding hydrogens is 337 g/mol. The average molecular weight is 354 g/mol. The molecular formula is C15H17BrFN3O. The maximum Gasteiger partial charge on any atom is 0.253 e. The van der Waals surface area contributed by atoms with E-state index < -0.39 is 0 Å². The highest BCUT2D eigenvalue weighted by Crippen LogP contribution is 2.36. The fourth-order valence-electron chi connectivity index (χ4n) is 2.64. The predicted molar refractivity (Wildman–Crippen MR) is 82.3 cm³/mol. The van der Waals surface area contributed by atoms with Crippen LogP contribution in [0, 0.1) is 19.7 Å². The zero-order valence-corrected chi connectivity index (χ0v) is 13.8. The molecule has 1 N–H and O–H groups in total. The van der Waals surface area contributed by atoms with Gasteiger partial charge in [0.15, 0.2) is 0 Å². The summed E-state index contributed by atoms with van der Waals surface area (Å²) in [6, 6.07) is 3.60. The molecule has 112 valence electrons. The second kappa shape index (κ2) is 5.42. The fourth-order valence-corrected chi connectivity index (χ4v) is 3.35. The summed E-state index contributed by atoms with van der Waals surface area (Å²) >= 11 is 3.56. The highest BCUT2D eigenvalue weighted by atomic mass is 79.9. The third-order valence-corrected chi connectivity index (χ3v) is 4.46. The van der Waals surface area contributed by atoms with Gasteiger partial charge in [0.05, 0.1) is 12.2 Å². The Bertz CT molecular complexity index is 675. The number of aromatic nitrogens is 2. The summed E-state index contributed by atoms with van der Waals surface area (Å²) in [7, 11) is 0. The van der Waals surface area contributed by atoms with Gasteiger partial charge in [0.25, 0.3) is 5.88 Å². The zero-order chi connectivity index (χ0) is 15.1. The number of nitrogens with zero attached hydrogens (tertiary/aromatic N) is 2. The van der Waals surface area contributed by atoms with Crippen LogP contribution < -0.4 is 10.1 Å². The molecule has 1 aliphatic heterocycles. The lowest BCUT2D eigenvalue weighted by atomic mass is 10.1. The van der Waals surface area contributed by atoms with Crippen molar-refractivity contribution in [3.63, 3.8) is 0 Å². The predicted octanol–water partition coefficient (Wildman–Crippen LogP) is 3.86. The summed E-state index contributed by atoms with van der Waals surface area (Å²) in [4.78, 5) is 0. The molecule has 1 aromatic carbocycles. The lowest BCUT2D eigenvalue weighted by Crippen LogP contribution is -2.32. The minimum absolute atomic E-state index is 0.191. The highest BCUT2D eigenvalue weighted by Gasteiger charge is 2.25. The number of aryl methyl sites for hydroxylation is 2. The number of nitrogens with one attached hydrogen (secondary N) is 1. The van der Waals surface area contributed by atoms with Crippen LogP contribution >= 0.6 is 15.9 Å². The van der Waals surface area contributed by atoms with Crippen LogP contribution in [0.3, 0.4) is 0 Å². The molecule has 1 aliphatic rings. The quantitative estimate of drug-likeness (QED) is 0.890. The minimum atomic E-state index is -0.191. The fraction of sp³-hybridized carbons (Fsp3) is 0.400. The molecule has 2 aromatic rings. The van der Waals surface area contributed by atoms with Crippen molar-refractivity contribution in [2.24, 2.45) is 0 Å². The third-order valence-electron chi connectivity index (χ3n) is 3.71. The molecule has 4 nitrogen and oxygen atoms in total. The summed E-state index contributed by atoms with van der Waals surface area (Å²) in [5, 5.41) is 7.88. The summed E-state index contributed by atoms with van der Waals surface area (Å²) in [5.41, 5.74) is 2.21. The van der Waals surface area contributed by atoms with E-state index in [1.54, 1.807) is 26.0 Å². The van der Waals surface area contributed by atoms with Crippen LogP contribution in [-0.2, 0) is 6.54 Å². The van der Waals surface area contributed by atoms with Gasteiger partial charge in [-0.05, 0) is 60.0 Å². The van der Waals surface area contributed by atoms with E-state index in [-0.39, 0.29) is 11.9 Å². The first-order valence-electron chi connectivity index (χ1n) is 6.91. The zero-order valence-electron chi connectivity index (χ0n) is 12.2. The van der Waals surface area contributed by atoms with E-state index in [4.69, 9.17) is 4.74 Å². The highest BCUT2D eigenvalue weighted by molar-refractivity contribution is 9.10. The van der Waals surface area contributed by atoms with E-state index >= 15 is 0 Å². The lowest BCUT2D eigenvalue weighted by molar-refractivity contribution is 0.403. The number of fused-ring (bicyclic) bond motifs is 1. The normalized spacial score (nSPS) is 17.7. The van der Waals surface area contributed by atoms with Crippen molar-refractivity contribution < 1.29 is 9.13 Å². The van der Waals surface area contributed by atoms with E-state index in [1.165, 1.54) is 0 Å². The monoisotopic (exact) mass is 353 g/mol. The molecule has 2 heterocycles. The number of benzene rings is 1. The van der Waals surface area contributed by atoms with Crippen LogP contribution in [0.1, 0.15) is 29.8 Å². The number of rotatable bonds is 2. The molecule has 1 aromatic heterocycles. The summed E-state index contributed by atoms with van der Waals surface area (Å²) < 4.78 is 22.3. The van der Waals surface area contributed by atoms with E-state index in [9.17, 15) is 4.39 Å². The standard InChI is InChI=1S/C15H17BrFN3O/c1-8-6-11(7-9(2)13(8)17)21-15-12(16)14-10(3)18-4-5-20(14)19-15/h6-7,10,18H,4-5H2,1-3H3. The van der Waals surface area contributed by atoms with Crippen molar-refractivity contribution in [2.45, 2.75) is 33.4 Å². The number of hydrogen-bond donors (Lipinski definition) is 1. The number of ether oxygens (including phenoxy) is 1. The maximum absolute atomic E-state index is 13.7. The summed E-state index contributed by atoms with van der Waals surface area (Å²) in [5.74, 6) is 0.928. The Kier molecular flexibility index (Phi) is 3.75. The molecule has 0 bridgehead atoms. The van der Waals surface area contributed by atoms with Crippen LogP contribution in [0.4, 0.5) is 4.39 Å². The molecule has 0 radical (unpaired) electrons. The van der Waals surface area contributed by atoms with E-state index in [0.29, 0.717) is 22.8 Å². The summed E-state index contributed by atoms with van der Waals surface area (Å²) in [6.45, 7) is 7.25. The Morgan fingerprint density at radius 3 is 2.67 bits per heavy atom. The molecule has 1 atom stereocenters. The van der Waals surface area contributed by atoms with Gasteiger partial charge in [-0.15, -0.1) is 5.10 Å². The topological polar surface area (TPSA) is 39.1 Å². The molecule has 6 heteroatoms. The van der Waals surface area contributed by atoms with Gasteiger partial charge in [0.2, 0.25) is 0 Å². The second-order valence-corrected chi connectivity index (χ2v) is 6.17. The molecule has 0 amide bonds. The second-order valence-electron chi connectivity index (χ2n) is 5.38. The number of hydrogen-bond acceptors (Lipinski definition) is 3. The molecule has 0 aliphatic carbocycles. The molecule has 0 spiro atoms. The Hall–Kier alpha value is -1.40. The summed E-state index contributed by atoms with van der Waals surface area (Å²) in [6.07, 6.45) is 0. The number of halogens is 2. The average Bonchev–Trinajstić information content (AvgIpc) is 2.74. The van der Waals surface area contributed by atoms with Crippen LogP contribution in [0.25, 0.3) is 0 Å². The van der Waals surface area contributed by atoms with Crippen LogP contribution in [0.15, 0.2) is 16.6 Å². The molecule has 0 fully saturated rings. The van der Waals surface area contributed by atoms with Gasteiger partial charge in [-0.25, -0.2) is 4.39 Å².